The van der Waals surface area contributed by atoms with Crippen molar-refractivity contribution in [3.8, 4) is 11.5 Å². The number of aryl methyl sites for hydroxylation is 1. The Bertz CT molecular complexity index is 2840. The molecule has 4 heterocycles. The molecule has 1 fully saturated rings. The third kappa shape index (κ3) is 12.8. The molecular weight excluding hydrogens is 911 g/mol. The second-order valence-electron chi connectivity index (χ2n) is 15.3. The lowest BCUT2D eigenvalue weighted by molar-refractivity contribution is -0.275. The highest BCUT2D eigenvalue weighted by molar-refractivity contribution is 6.30. The van der Waals surface area contributed by atoms with Crippen molar-refractivity contribution in [3.05, 3.63) is 154 Å². The van der Waals surface area contributed by atoms with Crippen LogP contribution in [0, 0.1) is 5.82 Å². The van der Waals surface area contributed by atoms with Gasteiger partial charge in [0.2, 0.25) is 5.82 Å². The van der Waals surface area contributed by atoms with E-state index in [0.29, 0.717) is 47.7 Å². The largest absolute Gasteiger partial charge is 0.573 e. The Morgan fingerprint density at radius 1 is 0.806 bits per heavy atom. The molecule has 3 N–H and O–H groups in total. The molecule has 1 aliphatic rings. The van der Waals surface area contributed by atoms with Crippen molar-refractivity contribution in [3.63, 3.8) is 0 Å². The van der Waals surface area contributed by atoms with Gasteiger partial charge in [-0.15, -0.1) is 26.3 Å². The summed E-state index contributed by atoms with van der Waals surface area (Å²) in [7, 11) is 0. The summed E-state index contributed by atoms with van der Waals surface area (Å²) in [4.78, 5) is 38.8. The van der Waals surface area contributed by atoms with Gasteiger partial charge in [-0.25, -0.2) is 24.1 Å². The van der Waals surface area contributed by atoms with Gasteiger partial charge in [-0.2, -0.15) is 0 Å². The summed E-state index contributed by atoms with van der Waals surface area (Å²) < 4.78 is 96.6. The van der Waals surface area contributed by atoms with E-state index in [1.807, 2.05) is 19.1 Å². The smallest absolute Gasteiger partial charge is 0.475 e. The minimum atomic E-state index is -4.75. The Morgan fingerprint density at radius 2 is 1.43 bits per heavy atom. The number of fused-ring (bicyclic) bond motifs is 2. The van der Waals surface area contributed by atoms with Crippen LogP contribution in [0.3, 0.4) is 0 Å². The van der Waals surface area contributed by atoms with Crippen LogP contribution in [0.4, 0.5) is 42.2 Å². The predicted molar refractivity (Wildman–Crippen MR) is 236 cm³/mol. The zero-order chi connectivity index (χ0) is 47.9. The van der Waals surface area contributed by atoms with Crippen molar-refractivity contribution in [2.45, 2.75) is 57.8 Å². The summed E-state index contributed by atoms with van der Waals surface area (Å²) in [5.74, 6) is -2.60. The van der Waals surface area contributed by atoms with Crippen LogP contribution in [0.15, 0.2) is 109 Å². The highest BCUT2D eigenvalue weighted by Crippen LogP contribution is 2.33. The molecule has 1 amide bonds. The molecule has 0 saturated carbocycles. The van der Waals surface area contributed by atoms with E-state index in [-0.39, 0.29) is 34.7 Å². The maximum absolute atomic E-state index is 13.4. The number of imidazole rings is 1. The Hall–Kier alpha value is -7.15. The number of pyridine rings is 1. The number of amides is 1. The number of aromatic nitrogens is 4. The van der Waals surface area contributed by atoms with Crippen LogP contribution in [0.1, 0.15) is 69.2 Å². The summed E-state index contributed by atoms with van der Waals surface area (Å²) >= 11 is 6.14. The number of aromatic carboxylic acids is 1. The van der Waals surface area contributed by atoms with E-state index >= 15 is 0 Å². The van der Waals surface area contributed by atoms with Crippen LogP contribution in [0.25, 0.3) is 16.6 Å². The fourth-order valence-corrected chi connectivity index (χ4v) is 7.73. The highest BCUT2D eigenvalue weighted by Gasteiger charge is 2.32. The van der Waals surface area contributed by atoms with Crippen LogP contribution in [-0.2, 0) is 19.4 Å². The Labute approximate surface area is 383 Å². The molecule has 0 bridgehead atoms. The lowest BCUT2D eigenvalue weighted by atomic mass is 9.89. The third-order valence-corrected chi connectivity index (χ3v) is 11.0. The molecule has 350 valence electrons. The molecule has 67 heavy (non-hydrogen) atoms. The maximum Gasteiger partial charge on any atom is 0.573 e. The molecule has 0 spiro atoms. The molecule has 0 aliphatic carbocycles. The molecule has 4 aromatic carbocycles. The first-order valence-corrected chi connectivity index (χ1v) is 21.2. The molecule has 0 atom stereocenters. The molecule has 3 aromatic heterocycles. The molecule has 8 rings (SSSR count). The quantitative estimate of drug-likeness (QED) is 0.0956. The number of nitrogens with one attached hydrogen (secondary N) is 2. The molecule has 12 nitrogen and oxygen atoms in total. The number of carbonyl (C=O) groups excluding carboxylic acids is 1. The van der Waals surface area contributed by atoms with Crippen LogP contribution in [0.2, 0.25) is 5.02 Å². The zero-order valence-corrected chi connectivity index (χ0v) is 36.2. The molecule has 20 heteroatoms. The van der Waals surface area contributed by atoms with Crippen molar-refractivity contribution >= 4 is 51.5 Å². The first kappa shape index (κ1) is 47.8. The van der Waals surface area contributed by atoms with Crippen molar-refractivity contribution in [1.82, 2.24) is 24.7 Å². The number of piperidine rings is 1. The number of ether oxygens (including phenoxy) is 2. The number of hydrogen-bond donors (Lipinski definition) is 3. The summed E-state index contributed by atoms with van der Waals surface area (Å²) in [6, 6.07) is 27.0. The van der Waals surface area contributed by atoms with E-state index in [4.69, 9.17) is 16.7 Å². The van der Waals surface area contributed by atoms with E-state index in [1.165, 1.54) is 48.5 Å². The van der Waals surface area contributed by atoms with Crippen LogP contribution < -0.4 is 25.0 Å². The zero-order valence-electron chi connectivity index (χ0n) is 35.5. The van der Waals surface area contributed by atoms with E-state index in [1.54, 1.807) is 34.9 Å². The number of carboxylic acid groups (broad SMARTS) is 1. The summed E-state index contributed by atoms with van der Waals surface area (Å²) in [5.41, 5.74) is 5.87. The monoisotopic (exact) mass is 951 g/mol. The van der Waals surface area contributed by atoms with Gasteiger partial charge in [0.15, 0.2) is 0 Å². The van der Waals surface area contributed by atoms with Crippen LogP contribution in [-0.4, -0.2) is 68.7 Å². The Balaban J connectivity index is 0.000000210. The molecular formula is C47H41ClF7N7O5. The van der Waals surface area contributed by atoms with Crippen molar-refractivity contribution in [2.24, 2.45) is 0 Å². The Kier molecular flexibility index (Phi) is 14.7. The summed E-state index contributed by atoms with van der Waals surface area (Å²) in [5, 5.41) is 16.0. The second kappa shape index (κ2) is 20.6. The van der Waals surface area contributed by atoms with Crippen molar-refractivity contribution in [2.75, 3.05) is 29.9 Å². The van der Waals surface area contributed by atoms with Crippen molar-refractivity contribution in [1.29, 1.82) is 0 Å². The first-order valence-electron chi connectivity index (χ1n) is 20.8. The lowest BCUT2D eigenvalue weighted by Crippen LogP contribution is -2.32. The SMILES string of the molecule is CCc1nc2ccc(Cl)cn2c1C(=O)NCc1ccc(N2CCC(c3ccc(OC(F)(F)F)cc3)CC2)cc1.O=C(O)c1nc(NCCc2ccc(OC(F)(F)F)cc2)c2ccc(F)cc2n1. The van der Waals surface area contributed by atoms with Crippen LogP contribution >= 0.6 is 11.6 Å². The van der Waals surface area contributed by atoms with E-state index < -0.39 is 30.3 Å². The van der Waals surface area contributed by atoms with Crippen LogP contribution in [0.5, 0.6) is 11.5 Å². The minimum absolute atomic E-state index is 0.142. The molecule has 1 aliphatic heterocycles. The van der Waals surface area contributed by atoms with Gasteiger partial charge < -0.3 is 30.1 Å². The van der Waals surface area contributed by atoms with Gasteiger partial charge in [0.05, 0.1) is 16.2 Å². The number of carbonyl (C=O) groups is 2. The average molecular weight is 952 g/mol. The van der Waals surface area contributed by atoms with E-state index in [0.717, 1.165) is 60.1 Å². The molecule has 7 aromatic rings. The molecule has 0 radical (unpaired) electrons. The van der Waals surface area contributed by atoms with Crippen molar-refractivity contribution < 1.29 is 54.9 Å². The van der Waals surface area contributed by atoms with E-state index in [2.05, 4.69) is 52.1 Å². The van der Waals surface area contributed by atoms with Gasteiger partial charge in [0.1, 0.15) is 34.5 Å². The van der Waals surface area contributed by atoms with Gasteiger partial charge in [0.25, 0.3) is 5.91 Å². The Morgan fingerprint density at radius 3 is 2.04 bits per heavy atom. The maximum atomic E-state index is 13.4. The normalized spacial score (nSPS) is 13.2. The van der Waals surface area contributed by atoms with Gasteiger partial charge in [-0.3, -0.25) is 9.20 Å². The number of hydrogen-bond acceptors (Lipinski definition) is 9. The standard InChI is InChI=1S/C29H28ClF3N4O2.C18H13F4N3O3/c1-2-25-27(37-18-22(30)7-12-26(37)35-25)28(38)34-17-19-3-8-23(9-4-19)36-15-13-21(14-16-36)20-5-10-24(11-6-20)39-29(31,32)33;19-11-3-6-13-14(9-11)24-16(17(26)27)25-15(13)23-8-7-10-1-4-12(5-2-10)28-18(20,21)22/h3-12,18,21H,2,13-17H2,1H3,(H,34,38);1-6,9H,7-8H2,(H,26,27)(H,23,24,25). The number of anilines is 2. The molecule has 1 saturated heterocycles. The fourth-order valence-electron chi connectivity index (χ4n) is 7.57. The van der Waals surface area contributed by atoms with Gasteiger partial charge in [-0.05, 0) is 109 Å². The van der Waals surface area contributed by atoms with E-state index in [9.17, 15) is 40.3 Å². The first-order chi connectivity index (χ1) is 31.9. The average Bonchev–Trinajstić information content (AvgIpc) is 3.66. The third-order valence-electron chi connectivity index (χ3n) is 10.8. The minimum Gasteiger partial charge on any atom is -0.475 e. The summed E-state index contributed by atoms with van der Waals surface area (Å²) in [6.45, 7) is 4.34. The number of benzene rings is 4. The van der Waals surface area contributed by atoms with Gasteiger partial charge >= 0.3 is 18.7 Å². The topological polar surface area (TPSA) is 143 Å². The lowest BCUT2D eigenvalue weighted by Gasteiger charge is -2.34. The summed E-state index contributed by atoms with van der Waals surface area (Å²) in [6.07, 6.45) is -4.88. The number of halogens is 8. The number of nitrogens with zero attached hydrogens (tertiary/aromatic N) is 5. The van der Waals surface area contributed by atoms with Gasteiger partial charge in [0, 0.05) is 49.5 Å². The predicted octanol–water partition coefficient (Wildman–Crippen LogP) is 10.8. The number of rotatable bonds is 13. The second-order valence-corrected chi connectivity index (χ2v) is 15.7. The number of carboxylic acids is 1. The number of alkyl halides is 6. The van der Waals surface area contributed by atoms with Gasteiger partial charge in [-0.1, -0.05) is 54.9 Å². The fraction of sp³-hybridized carbons (Fsp3) is 0.255. The molecule has 0 unspecified atom stereocenters. The highest BCUT2D eigenvalue weighted by atomic mass is 35.5.